The SMILES string of the molecule is C[C@@H](c1ccc(C#CC2(O)CCN(C)CC2)cc1)N1CCC(CC(C)(C)O)(c2ccccc2)OC1=O. The maximum atomic E-state index is 13.3. The summed E-state index contributed by atoms with van der Waals surface area (Å²) in [7, 11) is 2.06. The van der Waals surface area contributed by atoms with Gasteiger partial charge in [0.15, 0.2) is 0 Å². The summed E-state index contributed by atoms with van der Waals surface area (Å²) >= 11 is 0. The van der Waals surface area contributed by atoms with Gasteiger partial charge in [0.2, 0.25) is 0 Å². The average Bonchev–Trinajstić information content (AvgIpc) is 2.84. The molecule has 2 saturated heterocycles. The molecule has 2 aromatic carbocycles. The van der Waals surface area contributed by atoms with Crippen molar-refractivity contribution in [2.75, 3.05) is 26.7 Å². The van der Waals surface area contributed by atoms with E-state index in [9.17, 15) is 15.0 Å². The Morgan fingerprint density at radius 1 is 1.03 bits per heavy atom. The zero-order chi connectivity index (χ0) is 26.0. The Bertz CT molecular complexity index is 1110. The number of carbonyl (C=O) groups is 1. The highest BCUT2D eigenvalue weighted by Gasteiger charge is 2.46. The molecule has 4 rings (SSSR count). The fourth-order valence-corrected chi connectivity index (χ4v) is 5.22. The van der Waals surface area contributed by atoms with Crippen molar-refractivity contribution in [1.82, 2.24) is 9.80 Å². The van der Waals surface area contributed by atoms with Crippen molar-refractivity contribution in [3.63, 3.8) is 0 Å². The number of nitrogens with zero attached hydrogens (tertiary/aromatic N) is 2. The van der Waals surface area contributed by atoms with Gasteiger partial charge in [0.25, 0.3) is 0 Å². The first-order valence-electron chi connectivity index (χ1n) is 12.8. The van der Waals surface area contributed by atoms with Crippen molar-refractivity contribution in [3.05, 3.63) is 71.3 Å². The van der Waals surface area contributed by atoms with Gasteiger partial charge in [-0.1, -0.05) is 54.3 Å². The molecule has 2 fully saturated rings. The zero-order valence-electron chi connectivity index (χ0n) is 21.8. The van der Waals surface area contributed by atoms with Crippen molar-refractivity contribution < 1.29 is 19.7 Å². The number of piperidine rings is 1. The summed E-state index contributed by atoms with van der Waals surface area (Å²) in [6.07, 6.45) is 1.85. The van der Waals surface area contributed by atoms with Crippen LogP contribution in [0.15, 0.2) is 54.6 Å². The van der Waals surface area contributed by atoms with E-state index >= 15 is 0 Å². The van der Waals surface area contributed by atoms with Crippen LogP contribution in [0.4, 0.5) is 4.79 Å². The molecule has 2 aromatic rings. The third-order valence-corrected chi connectivity index (χ3v) is 7.41. The number of rotatable bonds is 5. The Kier molecular flexibility index (Phi) is 7.47. The number of hydrogen-bond acceptors (Lipinski definition) is 5. The van der Waals surface area contributed by atoms with Gasteiger partial charge in [-0.25, -0.2) is 4.79 Å². The first kappa shape index (κ1) is 26.2. The minimum absolute atomic E-state index is 0.173. The van der Waals surface area contributed by atoms with Crippen molar-refractivity contribution in [1.29, 1.82) is 0 Å². The molecule has 6 nitrogen and oxygen atoms in total. The highest BCUT2D eigenvalue weighted by molar-refractivity contribution is 5.70. The third kappa shape index (κ3) is 6.10. The molecule has 36 heavy (non-hydrogen) atoms. The molecule has 2 aliphatic heterocycles. The molecular weight excluding hydrogens is 452 g/mol. The number of aliphatic hydroxyl groups is 2. The predicted molar refractivity (Wildman–Crippen MR) is 140 cm³/mol. The molecular formula is C30H38N2O4. The van der Waals surface area contributed by atoms with E-state index in [0.717, 1.165) is 29.8 Å². The molecule has 0 bridgehead atoms. The second kappa shape index (κ2) is 10.3. The van der Waals surface area contributed by atoms with E-state index in [2.05, 4.69) is 23.8 Å². The molecule has 2 heterocycles. The van der Waals surface area contributed by atoms with Crippen LogP contribution in [0.25, 0.3) is 0 Å². The van der Waals surface area contributed by atoms with E-state index in [1.165, 1.54) is 0 Å². The summed E-state index contributed by atoms with van der Waals surface area (Å²) in [4.78, 5) is 17.2. The lowest BCUT2D eigenvalue weighted by molar-refractivity contribution is -0.101. The second-order valence-electron chi connectivity index (χ2n) is 11.0. The highest BCUT2D eigenvalue weighted by atomic mass is 16.6. The lowest BCUT2D eigenvalue weighted by Gasteiger charge is -2.45. The molecule has 2 aliphatic rings. The maximum Gasteiger partial charge on any atom is 0.411 e. The molecule has 1 amide bonds. The van der Waals surface area contributed by atoms with Crippen LogP contribution in [-0.4, -0.2) is 64.0 Å². The molecule has 0 saturated carbocycles. The number of amides is 1. The number of benzene rings is 2. The van der Waals surface area contributed by atoms with Gasteiger partial charge in [-0.2, -0.15) is 0 Å². The molecule has 2 atom stereocenters. The first-order valence-corrected chi connectivity index (χ1v) is 12.8. The van der Waals surface area contributed by atoms with Gasteiger partial charge in [-0.15, -0.1) is 0 Å². The third-order valence-electron chi connectivity index (χ3n) is 7.41. The molecule has 6 heteroatoms. The van der Waals surface area contributed by atoms with Crippen LogP contribution in [0.5, 0.6) is 0 Å². The fraction of sp³-hybridized carbons (Fsp3) is 0.500. The summed E-state index contributed by atoms with van der Waals surface area (Å²) in [5, 5.41) is 21.3. The minimum Gasteiger partial charge on any atom is -0.438 e. The molecule has 0 radical (unpaired) electrons. The normalized spacial score (nSPS) is 23.4. The van der Waals surface area contributed by atoms with Gasteiger partial charge in [0.05, 0.1) is 11.6 Å². The quantitative estimate of drug-likeness (QED) is 0.606. The van der Waals surface area contributed by atoms with Gasteiger partial charge in [-0.3, -0.25) is 0 Å². The summed E-state index contributed by atoms with van der Waals surface area (Å²) in [5.74, 6) is 6.20. The molecule has 1 unspecified atom stereocenters. The van der Waals surface area contributed by atoms with Gasteiger partial charge >= 0.3 is 6.09 Å². The predicted octanol–water partition coefficient (Wildman–Crippen LogP) is 4.45. The van der Waals surface area contributed by atoms with E-state index < -0.39 is 16.8 Å². The number of ether oxygens (including phenoxy) is 1. The number of carbonyl (C=O) groups excluding carboxylic acids is 1. The maximum absolute atomic E-state index is 13.3. The standard InChI is InChI=1S/C30H38N2O4/c1-23(25-12-10-24(11-13-25)14-15-29(35)16-19-31(4)20-17-29)32-21-18-30(36-27(32)33,22-28(2,3)34)26-8-6-5-7-9-26/h5-13,23,34-35H,16-22H2,1-4H3/t23-,30?/m0/s1. The molecule has 0 spiro atoms. The smallest absolute Gasteiger partial charge is 0.411 e. The number of likely N-dealkylation sites (tertiary alicyclic amines) is 1. The van der Waals surface area contributed by atoms with Gasteiger partial charge < -0.3 is 24.7 Å². The van der Waals surface area contributed by atoms with Crippen molar-refractivity contribution in [2.45, 2.75) is 69.3 Å². The van der Waals surface area contributed by atoms with E-state index in [0.29, 0.717) is 32.2 Å². The van der Waals surface area contributed by atoms with Crippen molar-refractivity contribution in [3.8, 4) is 11.8 Å². The molecule has 0 aliphatic carbocycles. The Morgan fingerprint density at radius 3 is 2.25 bits per heavy atom. The average molecular weight is 491 g/mol. The molecule has 2 N–H and O–H groups in total. The summed E-state index contributed by atoms with van der Waals surface area (Å²) in [5.41, 5.74) is -0.0354. The van der Waals surface area contributed by atoms with Crippen LogP contribution in [0.3, 0.4) is 0 Å². The Balaban J connectivity index is 1.46. The van der Waals surface area contributed by atoms with Crippen LogP contribution in [0, 0.1) is 11.8 Å². The van der Waals surface area contributed by atoms with Crippen LogP contribution in [0.2, 0.25) is 0 Å². The van der Waals surface area contributed by atoms with E-state index in [1.807, 2.05) is 61.5 Å². The second-order valence-corrected chi connectivity index (χ2v) is 11.0. The van der Waals surface area contributed by atoms with Gasteiger partial charge in [-0.05, 0) is 51.1 Å². The van der Waals surface area contributed by atoms with E-state index in [4.69, 9.17) is 4.74 Å². The summed E-state index contributed by atoms with van der Waals surface area (Å²) in [6.45, 7) is 7.69. The van der Waals surface area contributed by atoms with Crippen LogP contribution in [0.1, 0.15) is 69.2 Å². The van der Waals surface area contributed by atoms with Gasteiger partial charge in [0, 0.05) is 50.9 Å². The highest BCUT2D eigenvalue weighted by Crippen LogP contribution is 2.42. The topological polar surface area (TPSA) is 73.2 Å². The fourth-order valence-electron chi connectivity index (χ4n) is 5.22. The Hall–Kier alpha value is -2.85. The monoisotopic (exact) mass is 490 g/mol. The lowest BCUT2D eigenvalue weighted by atomic mass is 9.80. The number of hydrogen-bond donors (Lipinski definition) is 2. The van der Waals surface area contributed by atoms with Crippen LogP contribution in [-0.2, 0) is 10.3 Å². The summed E-state index contributed by atoms with van der Waals surface area (Å²) in [6, 6.07) is 17.4. The zero-order valence-corrected chi connectivity index (χ0v) is 21.8. The largest absolute Gasteiger partial charge is 0.438 e. The van der Waals surface area contributed by atoms with Crippen LogP contribution < -0.4 is 0 Å². The minimum atomic E-state index is -0.985. The van der Waals surface area contributed by atoms with E-state index in [1.54, 1.807) is 18.7 Å². The molecule has 192 valence electrons. The Labute approximate surface area is 214 Å². The summed E-state index contributed by atoms with van der Waals surface area (Å²) < 4.78 is 6.11. The number of cyclic esters (lactones) is 1. The van der Waals surface area contributed by atoms with Crippen LogP contribution >= 0.6 is 0 Å². The van der Waals surface area contributed by atoms with E-state index in [-0.39, 0.29) is 12.1 Å². The van der Waals surface area contributed by atoms with Crippen molar-refractivity contribution in [2.24, 2.45) is 0 Å². The van der Waals surface area contributed by atoms with Crippen molar-refractivity contribution >= 4 is 6.09 Å². The Morgan fingerprint density at radius 2 is 1.67 bits per heavy atom. The molecule has 0 aromatic heterocycles. The first-order chi connectivity index (χ1) is 17.0. The van der Waals surface area contributed by atoms with Gasteiger partial charge in [0.1, 0.15) is 11.2 Å². The lowest BCUT2D eigenvalue weighted by Crippen LogP contribution is -2.51.